The molecule has 0 amide bonds. The summed E-state index contributed by atoms with van der Waals surface area (Å²) in [6.07, 6.45) is 10.1. The van der Waals surface area contributed by atoms with Crippen LogP contribution in [0.4, 0.5) is 0 Å². The third-order valence-corrected chi connectivity index (χ3v) is 4.88. The molecule has 0 saturated carbocycles. The highest BCUT2D eigenvalue weighted by atomic mass is 16.5. The fraction of sp³-hybridized carbons (Fsp3) is 0.652. The van der Waals surface area contributed by atoms with E-state index < -0.39 is 17.9 Å². The molecule has 1 N–H and O–H groups in total. The fourth-order valence-corrected chi connectivity index (χ4v) is 3.30. The average Bonchev–Trinajstić information content (AvgIpc) is 2.64. The third kappa shape index (κ3) is 10.2. The lowest BCUT2D eigenvalue weighted by Crippen LogP contribution is -2.30. The van der Waals surface area contributed by atoms with Crippen LogP contribution in [-0.4, -0.2) is 23.1 Å². The van der Waals surface area contributed by atoms with Crippen LogP contribution >= 0.6 is 0 Å². The summed E-state index contributed by atoms with van der Waals surface area (Å²) < 4.78 is 5.61. The van der Waals surface area contributed by atoms with Crippen molar-refractivity contribution in [3.63, 3.8) is 0 Å². The van der Waals surface area contributed by atoms with Crippen LogP contribution in [0.3, 0.4) is 0 Å². The Kier molecular flexibility index (Phi) is 12.2. The van der Waals surface area contributed by atoms with Gasteiger partial charge in [0.1, 0.15) is 6.10 Å². The highest BCUT2D eigenvalue weighted by molar-refractivity contribution is 5.93. The molecule has 1 rings (SSSR count). The van der Waals surface area contributed by atoms with E-state index in [2.05, 4.69) is 6.92 Å². The van der Waals surface area contributed by atoms with E-state index in [4.69, 9.17) is 4.74 Å². The first-order chi connectivity index (χ1) is 13.1. The summed E-state index contributed by atoms with van der Waals surface area (Å²) in [4.78, 5) is 24.0. The van der Waals surface area contributed by atoms with E-state index in [0.29, 0.717) is 12.8 Å². The minimum atomic E-state index is -1.07. The molecule has 0 bridgehead atoms. The van der Waals surface area contributed by atoms with E-state index in [-0.39, 0.29) is 6.10 Å². The molecular formula is C23H36O4. The van der Waals surface area contributed by atoms with Gasteiger partial charge in [-0.05, 0) is 18.4 Å². The van der Waals surface area contributed by atoms with Gasteiger partial charge < -0.3 is 9.84 Å². The predicted molar refractivity (Wildman–Crippen MR) is 109 cm³/mol. The van der Waals surface area contributed by atoms with Crippen molar-refractivity contribution in [1.82, 2.24) is 0 Å². The predicted octanol–water partition coefficient (Wildman–Crippen LogP) is 5.78. The second-order valence-corrected chi connectivity index (χ2v) is 7.34. The largest absolute Gasteiger partial charge is 0.481 e. The molecule has 4 heteroatoms. The van der Waals surface area contributed by atoms with Crippen LogP contribution in [0.15, 0.2) is 30.3 Å². The SMILES string of the molecule is CCCCCCCCCC(C(=O)O)C(=O)OC(CCC)Cc1ccccc1. The Hall–Kier alpha value is -1.84. The van der Waals surface area contributed by atoms with Crippen molar-refractivity contribution in [2.24, 2.45) is 5.92 Å². The van der Waals surface area contributed by atoms with Crippen molar-refractivity contribution in [3.05, 3.63) is 35.9 Å². The molecule has 2 unspecified atom stereocenters. The molecule has 0 aliphatic heterocycles. The van der Waals surface area contributed by atoms with Crippen molar-refractivity contribution in [2.45, 2.75) is 90.6 Å². The molecule has 1 aromatic rings. The van der Waals surface area contributed by atoms with E-state index in [1.165, 1.54) is 25.7 Å². The number of aliphatic carboxylic acids is 1. The van der Waals surface area contributed by atoms with E-state index in [1.54, 1.807) is 0 Å². The Labute approximate surface area is 164 Å². The summed E-state index contributed by atoms with van der Waals surface area (Å²) in [6, 6.07) is 9.88. The molecule has 0 aromatic heterocycles. The Morgan fingerprint density at radius 3 is 2.11 bits per heavy atom. The van der Waals surface area contributed by atoms with Gasteiger partial charge in [-0.25, -0.2) is 0 Å². The minimum absolute atomic E-state index is 0.263. The van der Waals surface area contributed by atoms with E-state index in [9.17, 15) is 14.7 Å². The van der Waals surface area contributed by atoms with Gasteiger partial charge in [0.15, 0.2) is 5.92 Å². The summed E-state index contributed by atoms with van der Waals surface area (Å²) in [6.45, 7) is 4.23. The maximum absolute atomic E-state index is 12.5. The summed E-state index contributed by atoms with van der Waals surface area (Å²) >= 11 is 0. The Bertz CT molecular complexity index is 526. The number of unbranched alkanes of at least 4 members (excludes halogenated alkanes) is 6. The van der Waals surface area contributed by atoms with Gasteiger partial charge in [0.05, 0.1) is 0 Å². The van der Waals surface area contributed by atoms with Gasteiger partial charge in [-0.2, -0.15) is 0 Å². The average molecular weight is 377 g/mol. The summed E-state index contributed by atoms with van der Waals surface area (Å²) in [5.41, 5.74) is 1.10. The number of carbonyl (C=O) groups is 2. The first-order valence-electron chi connectivity index (χ1n) is 10.6. The Morgan fingerprint density at radius 1 is 0.889 bits per heavy atom. The normalized spacial score (nSPS) is 13.1. The van der Waals surface area contributed by atoms with Gasteiger partial charge in [-0.1, -0.05) is 95.5 Å². The van der Waals surface area contributed by atoms with Crippen LogP contribution in [-0.2, 0) is 20.7 Å². The lowest BCUT2D eigenvalue weighted by Gasteiger charge is -2.20. The number of carbonyl (C=O) groups excluding carboxylic acids is 1. The standard InChI is InChI=1S/C23H36O4/c1-3-5-6-7-8-9-13-17-21(22(24)25)23(26)27-20(14-4-2)18-19-15-11-10-12-16-19/h10-12,15-16,20-21H,3-9,13-14,17-18H2,1-2H3,(H,24,25). The highest BCUT2D eigenvalue weighted by Crippen LogP contribution is 2.18. The van der Waals surface area contributed by atoms with Crippen LogP contribution in [0, 0.1) is 5.92 Å². The Balaban J connectivity index is 2.47. The summed E-state index contributed by atoms with van der Waals surface area (Å²) in [5, 5.41) is 9.45. The Morgan fingerprint density at radius 2 is 1.52 bits per heavy atom. The van der Waals surface area contributed by atoms with Gasteiger partial charge in [0.2, 0.25) is 0 Å². The van der Waals surface area contributed by atoms with Crippen molar-refractivity contribution < 1.29 is 19.4 Å². The molecule has 4 nitrogen and oxygen atoms in total. The molecule has 0 spiro atoms. The fourth-order valence-electron chi connectivity index (χ4n) is 3.30. The zero-order valence-corrected chi connectivity index (χ0v) is 17.0. The molecule has 27 heavy (non-hydrogen) atoms. The van der Waals surface area contributed by atoms with Crippen LogP contribution in [0.25, 0.3) is 0 Å². The molecule has 0 radical (unpaired) electrons. The lowest BCUT2D eigenvalue weighted by molar-refractivity contribution is -0.163. The van der Waals surface area contributed by atoms with E-state index in [0.717, 1.165) is 37.7 Å². The molecule has 152 valence electrons. The number of esters is 1. The molecule has 0 fully saturated rings. The van der Waals surface area contributed by atoms with Crippen molar-refractivity contribution in [2.75, 3.05) is 0 Å². The number of carboxylic acids is 1. The van der Waals surface area contributed by atoms with Gasteiger partial charge in [0.25, 0.3) is 0 Å². The maximum atomic E-state index is 12.5. The van der Waals surface area contributed by atoms with Gasteiger partial charge in [-0.15, -0.1) is 0 Å². The van der Waals surface area contributed by atoms with Gasteiger partial charge >= 0.3 is 11.9 Å². The van der Waals surface area contributed by atoms with Crippen molar-refractivity contribution in [1.29, 1.82) is 0 Å². The number of hydrogen-bond acceptors (Lipinski definition) is 3. The van der Waals surface area contributed by atoms with Crippen LogP contribution < -0.4 is 0 Å². The van der Waals surface area contributed by atoms with Crippen LogP contribution in [0.1, 0.15) is 83.6 Å². The van der Waals surface area contributed by atoms with E-state index >= 15 is 0 Å². The second kappa shape index (κ2) is 14.2. The van der Waals surface area contributed by atoms with Crippen molar-refractivity contribution in [3.8, 4) is 0 Å². The van der Waals surface area contributed by atoms with Gasteiger partial charge in [0, 0.05) is 6.42 Å². The molecule has 0 aliphatic rings. The summed E-state index contributed by atoms with van der Waals surface area (Å²) in [7, 11) is 0. The highest BCUT2D eigenvalue weighted by Gasteiger charge is 2.29. The number of hydrogen-bond donors (Lipinski definition) is 1. The van der Waals surface area contributed by atoms with Crippen LogP contribution in [0.5, 0.6) is 0 Å². The number of benzene rings is 1. The number of carboxylic acid groups (broad SMARTS) is 1. The molecule has 0 aliphatic carbocycles. The molecule has 1 aromatic carbocycles. The zero-order valence-electron chi connectivity index (χ0n) is 17.0. The number of rotatable bonds is 15. The lowest BCUT2D eigenvalue weighted by atomic mass is 9.99. The topological polar surface area (TPSA) is 63.6 Å². The smallest absolute Gasteiger partial charge is 0.320 e. The zero-order chi connectivity index (χ0) is 19.9. The molecular weight excluding hydrogens is 340 g/mol. The minimum Gasteiger partial charge on any atom is -0.481 e. The van der Waals surface area contributed by atoms with E-state index in [1.807, 2.05) is 37.3 Å². The number of ether oxygens (including phenoxy) is 1. The maximum Gasteiger partial charge on any atom is 0.320 e. The molecule has 0 saturated heterocycles. The first-order valence-corrected chi connectivity index (χ1v) is 10.6. The summed E-state index contributed by atoms with van der Waals surface area (Å²) in [5.74, 6) is -2.69. The third-order valence-electron chi connectivity index (χ3n) is 4.88. The molecule has 2 atom stereocenters. The monoisotopic (exact) mass is 376 g/mol. The van der Waals surface area contributed by atoms with Crippen LogP contribution in [0.2, 0.25) is 0 Å². The first kappa shape index (κ1) is 23.2. The second-order valence-electron chi connectivity index (χ2n) is 7.34. The van der Waals surface area contributed by atoms with Crippen molar-refractivity contribution >= 4 is 11.9 Å². The molecule has 0 heterocycles. The van der Waals surface area contributed by atoms with Gasteiger partial charge in [-0.3, -0.25) is 9.59 Å². The quantitative estimate of drug-likeness (QED) is 0.239.